The average molecular weight is 271 g/mol. The summed E-state index contributed by atoms with van der Waals surface area (Å²) < 4.78 is 5.53. The molecule has 0 radical (unpaired) electrons. The molecule has 2 rings (SSSR count). The summed E-state index contributed by atoms with van der Waals surface area (Å²) in [6.07, 6.45) is 0. The summed E-state index contributed by atoms with van der Waals surface area (Å²) in [6.45, 7) is 0.237. The van der Waals surface area contributed by atoms with Gasteiger partial charge in [0.05, 0.1) is 4.92 Å². The lowest BCUT2D eigenvalue weighted by atomic mass is 10.2. The molecule has 2 aromatic carbocycles. The molecule has 0 unspecified atom stereocenters. The van der Waals surface area contributed by atoms with Crippen molar-refractivity contribution in [2.45, 2.75) is 6.61 Å². The van der Waals surface area contributed by atoms with Crippen molar-refractivity contribution in [1.82, 2.24) is 0 Å². The lowest BCUT2D eigenvalue weighted by Crippen LogP contribution is -2.10. The standard InChI is InChI=1S/C14H13N3O3/c15-14(16)11-4-6-13(7-5-11)20-9-10-2-1-3-12(8-10)17(18)19/h1-8H,9H2,(H3,15,16). The fourth-order valence-corrected chi connectivity index (χ4v) is 1.66. The van der Waals surface area contributed by atoms with Gasteiger partial charge in [0, 0.05) is 17.7 Å². The van der Waals surface area contributed by atoms with Crippen LogP contribution in [0.2, 0.25) is 0 Å². The van der Waals surface area contributed by atoms with Gasteiger partial charge in [-0.1, -0.05) is 12.1 Å². The summed E-state index contributed by atoms with van der Waals surface area (Å²) >= 11 is 0. The van der Waals surface area contributed by atoms with Crippen LogP contribution in [0.25, 0.3) is 0 Å². The van der Waals surface area contributed by atoms with E-state index in [0.717, 1.165) is 5.56 Å². The van der Waals surface area contributed by atoms with E-state index < -0.39 is 4.92 Å². The number of benzene rings is 2. The highest BCUT2D eigenvalue weighted by molar-refractivity contribution is 5.94. The number of nitrogen functional groups attached to an aromatic ring is 1. The van der Waals surface area contributed by atoms with E-state index in [4.69, 9.17) is 15.9 Å². The number of ether oxygens (including phenoxy) is 1. The van der Waals surface area contributed by atoms with Crippen LogP contribution >= 0.6 is 0 Å². The molecule has 6 heteroatoms. The number of non-ortho nitro benzene ring substituents is 1. The maximum atomic E-state index is 10.7. The average Bonchev–Trinajstić information content (AvgIpc) is 2.46. The first-order valence-electron chi connectivity index (χ1n) is 5.87. The van der Waals surface area contributed by atoms with Crippen molar-refractivity contribution in [3.63, 3.8) is 0 Å². The minimum atomic E-state index is -0.439. The molecule has 6 nitrogen and oxygen atoms in total. The summed E-state index contributed by atoms with van der Waals surface area (Å²) in [5.41, 5.74) is 6.73. The minimum absolute atomic E-state index is 0.00441. The molecule has 0 aliphatic heterocycles. The summed E-state index contributed by atoms with van der Waals surface area (Å²) in [7, 11) is 0. The Morgan fingerprint density at radius 3 is 2.55 bits per heavy atom. The van der Waals surface area contributed by atoms with Crippen LogP contribution in [-0.2, 0) is 6.61 Å². The monoisotopic (exact) mass is 271 g/mol. The van der Waals surface area contributed by atoms with Crippen molar-refractivity contribution in [2.24, 2.45) is 5.73 Å². The Morgan fingerprint density at radius 1 is 1.25 bits per heavy atom. The highest BCUT2D eigenvalue weighted by atomic mass is 16.6. The Balaban J connectivity index is 2.03. The number of nitrogens with two attached hydrogens (primary N) is 1. The molecule has 0 saturated heterocycles. The Hall–Kier alpha value is -2.89. The maximum Gasteiger partial charge on any atom is 0.269 e. The lowest BCUT2D eigenvalue weighted by Gasteiger charge is -2.07. The van der Waals surface area contributed by atoms with E-state index in [2.05, 4.69) is 0 Å². The molecule has 0 bridgehead atoms. The van der Waals surface area contributed by atoms with Crippen molar-refractivity contribution >= 4 is 11.5 Å². The highest BCUT2D eigenvalue weighted by Crippen LogP contribution is 2.17. The van der Waals surface area contributed by atoms with E-state index in [1.54, 1.807) is 36.4 Å². The van der Waals surface area contributed by atoms with Gasteiger partial charge in [-0.3, -0.25) is 15.5 Å². The Bertz CT molecular complexity index is 638. The molecular formula is C14H13N3O3. The maximum absolute atomic E-state index is 10.7. The minimum Gasteiger partial charge on any atom is -0.489 e. The predicted molar refractivity (Wildman–Crippen MR) is 74.9 cm³/mol. The molecule has 0 fully saturated rings. The second kappa shape index (κ2) is 5.83. The van der Waals surface area contributed by atoms with Crippen molar-refractivity contribution in [2.75, 3.05) is 0 Å². The molecule has 0 spiro atoms. The number of nitro benzene ring substituents is 1. The van der Waals surface area contributed by atoms with Gasteiger partial charge >= 0.3 is 0 Å². The van der Waals surface area contributed by atoms with Gasteiger partial charge in [-0.2, -0.15) is 0 Å². The fraction of sp³-hybridized carbons (Fsp3) is 0.0714. The summed E-state index contributed by atoms with van der Waals surface area (Å²) in [4.78, 5) is 10.2. The second-order valence-corrected chi connectivity index (χ2v) is 4.15. The Morgan fingerprint density at radius 2 is 1.95 bits per heavy atom. The Kier molecular flexibility index (Phi) is 3.95. The normalized spacial score (nSPS) is 10.0. The largest absolute Gasteiger partial charge is 0.489 e. The SMILES string of the molecule is N=C(N)c1ccc(OCc2cccc([N+](=O)[O-])c2)cc1. The van der Waals surface area contributed by atoms with E-state index in [-0.39, 0.29) is 18.1 Å². The predicted octanol–water partition coefficient (Wildman–Crippen LogP) is 2.46. The molecule has 20 heavy (non-hydrogen) atoms. The molecule has 102 valence electrons. The van der Waals surface area contributed by atoms with Gasteiger partial charge in [0.1, 0.15) is 18.2 Å². The molecule has 0 atom stereocenters. The van der Waals surface area contributed by atoms with E-state index in [1.807, 2.05) is 0 Å². The van der Waals surface area contributed by atoms with Crippen LogP contribution in [0.4, 0.5) is 5.69 Å². The van der Waals surface area contributed by atoms with Crippen LogP contribution in [-0.4, -0.2) is 10.8 Å². The first-order valence-corrected chi connectivity index (χ1v) is 5.87. The van der Waals surface area contributed by atoms with E-state index in [9.17, 15) is 10.1 Å². The van der Waals surface area contributed by atoms with Gasteiger partial charge in [-0.25, -0.2) is 0 Å². The molecule has 0 saturated carbocycles. The molecule has 0 aliphatic carbocycles. The number of rotatable bonds is 5. The van der Waals surface area contributed by atoms with E-state index in [1.165, 1.54) is 12.1 Å². The van der Waals surface area contributed by atoms with Crippen molar-refractivity contribution in [1.29, 1.82) is 5.41 Å². The van der Waals surface area contributed by atoms with Crippen molar-refractivity contribution in [3.8, 4) is 5.75 Å². The quantitative estimate of drug-likeness (QED) is 0.377. The number of hydrogen-bond donors (Lipinski definition) is 2. The first kappa shape index (κ1) is 13.5. The van der Waals surface area contributed by atoms with Gasteiger partial charge < -0.3 is 10.5 Å². The molecular weight excluding hydrogens is 258 g/mol. The lowest BCUT2D eigenvalue weighted by molar-refractivity contribution is -0.384. The topological polar surface area (TPSA) is 102 Å². The molecule has 2 aromatic rings. The van der Waals surface area contributed by atoms with Crippen molar-refractivity contribution in [3.05, 3.63) is 69.8 Å². The van der Waals surface area contributed by atoms with Crippen LogP contribution < -0.4 is 10.5 Å². The number of nitrogens with one attached hydrogen (secondary N) is 1. The molecule has 0 aliphatic rings. The summed E-state index contributed by atoms with van der Waals surface area (Å²) in [6, 6.07) is 13.1. The number of amidine groups is 1. The van der Waals surface area contributed by atoms with Gasteiger partial charge in [0.15, 0.2) is 0 Å². The first-order chi connectivity index (χ1) is 9.56. The second-order valence-electron chi connectivity index (χ2n) is 4.15. The van der Waals surface area contributed by atoms with Crippen molar-refractivity contribution < 1.29 is 9.66 Å². The van der Waals surface area contributed by atoms with E-state index >= 15 is 0 Å². The third-order valence-electron chi connectivity index (χ3n) is 2.69. The summed E-state index contributed by atoms with van der Waals surface area (Å²) in [5.74, 6) is 0.608. The number of nitro groups is 1. The zero-order valence-electron chi connectivity index (χ0n) is 10.6. The van der Waals surface area contributed by atoms with Crippen LogP contribution in [0, 0.1) is 15.5 Å². The Labute approximate surface area is 115 Å². The van der Waals surface area contributed by atoms with Gasteiger partial charge in [-0.15, -0.1) is 0 Å². The van der Waals surface area contributed by atoms with E-state index in [0.29, 0.717) is 11.3 Å². The van der Waals surface area contributed by atoms with Crippen LogP contribution in [0.1, 0.15) is 11.1 Å². The van der Waals surface area contributed by atoms with Crippen LogP contribution in [0.5, 0.6) is 5.75 Å². The summed E-state index contributed by atoms with van der Waals surface area (Å²) in [5, 5.41) is 17.9. The molecule has 3 N–H and O–H groups in total. The number of hydrogen-bond acceptors (Lipinski definition) is 4. The fourth-order valence-electron chi connectivity index (χ4n) is 1.66. The van der Waals surface area contributed by atoms with Gasteiger partial charge in [0.25, 0.3) is 5.69 Å². The molecule has 0 aromatic heterocycles. The van der Waals surface area contributed by atoms with Crippen LogP contribution in [0.3, 0.4) is 0 Å². The van der Waals surface area contributed by atoms with Gasteiger partial charge in [0.2, 0.25) is 0 Å². The molecule has 0 heterocycles. The van der Waals surface area contributed by atoms with Gasteiger partial charge in [-0.05, 0) is 29.8 Å². The third kappa shape index (κ3) is 3.32. The molecule has 0 amide bonds. The zero-order valence-corrected chi connectivity index (χ0v) is 10.6. The third-order valence-corrected chi connectivity index (χ3v) is 2.69. The zero-order chi connectivity index (χ0) is 14.5. The smallest absolute Gasteiger partial charge is 0.269 e. The van der Waals surface area contributed by atoms with Crippen LogP contribution in [0.15, 0.2) is 48.5 Å². The number of nitrogens with zero attached hydrogens (tertiary/aromatic N) is 1. The highest BCUT2D eigenvalue weighted by Gasteiger charge is 2.06.